The van der Waals surface area contributed by atoms with E-state index in [0.29, 0.717) is 11.3 Å². The molecule has 0 unspecified atom stereocenters. The van der Waals surface area contributed by atoms with Gasteiger partial charge in [-0.25, -0.2) is 0 Å². The van der Waals surface area contributed by atoms with E-state index >= 15 is 0 Å². The molecule has 0 aromatic heterocycles. The summed E-state index contributed by atoms with van der Waals surface area (Å²) in [6, 6.07) is 7.42. The van der Waals surface area contributed by atoms with Crippen LogP contribution in [0.4, 0.5) is 0 Å². The van der Waals surface area contributed by atoms with Gasteiger partial charge in [0.25, 0.3) is 0 Å². The summed E-state index contributed by atoms with van der Waals surface area (Å²) in [5, 5.41) is 0.442. The summed E-state index contributed by atoms with van der Waals surface area (Å²) < 4.78 is 5.57. The van der Waals surface area contributed by atoms with Gasteiger partial charge in [0.15, 0.2) is 0 Å². The molecule has 0 saturated heterocycles. The summed E-state index contributed by atoms with van der Waals surface area (Å²) in [6.45, 7) is 2.90. The summed E-state index contributed by atoms with van der Waals surface area (Å²) >= 11 is 5.89. The third kappa shape index (κ3) is 5.05. The minimum Gasteiger partial charge on any atom is -0.494 e. The molecule has 0 atom stereocenters. The maximum Gasteiger partial charge on any atom is 0.144 e. The van der Waals surface area contributed by atoms with Crippen molar-refractivity contribution < 1.29 is 9.53 Å². The summed E-state index contributed by atoms with van der Waals surface area (Å²) in [6.07, 6.45) is 5.46. The molecule has 0 aliphatic rings. The molecule has 0 N–H and O–H groups in total. The van der Waals surface area contributed by atoms with Gasteiger partial charge in [-0.05, 0) is 42.3 Å². The van der Waals surface area contributed by atoms with Crippen molar-refractivity contribution >= 4 is 22.9 Å². The smallest absolute Gasteiger partial charge is 0.144 e. The van der Waals surface area contributed by atoms with Crippen LogP contribution in [0.2, 0.25) is 0 Å². The quantitative estimate of drug-likeness (QED) is 0.416. The first-order chi connectivity index (χ1) is 8.27. The van der Waals surface area contributed by atoms with Gasteiger partial charge in [-0.15, -0.1) is 0 Å². The number of rotatable bonds is 7. The highest BCUT2D eigenvalue weighted by Crippen LogP contribution is 2.21. The minimum absolute atomic E-state index is 0.442. The second-order valence-electron chi connectivity index (χ2n) is 3.73. The highest BCUT2D eigenvalue weighted by atomic mass is 35.5. The van der Waals surface area contributed by atoms with Crippen LogP contribution in [0.5, 0.6) is 5.75 Å². The van der Waals surface area contributed by atoms with Gasteiger partial charge < -0.3 is 4.74 Å². The van der Waals surface area contributed by atoms with Crippen molar-refractivity contribution in [1.29, 1.82) is 0 Å². The standard InChI is InChI=1S/C14H17ClO2/c1-2-3-4-11-17-13-7-5-12(6-8-13)14(15)9-10-16/h5-10H,2-4,11H2,1H3. The molecule has 0 saturated carbocycles. The number of allylic oxidation sites excluding steroid dienone is 1. The molecule has 0 bridgehead atoms. The molecule has 1 aromatic carbocycles. The number of hydrogen-bond acceptors (Lipinski definition) is 2. The van der Waals surface area contributed by atoms with Crippen LogP contribution in [-0.2, 0) is 4.79 Å². The fourth-order valence-electron chi connectivity index (χ4n) is 1.41. The summed E-state index contributed by atoms with van der Waals surface area (Å²) in [5.41, 5.74) is 0.819. The first kappa shape index (κ1) is 13.8. The lowest BCUT2D eigenvalue weighted by molar-refractivity contribution is -0.104. The van der Waals surface area contributed by atoms with E-state index in [-0.39, 0.29) is 0 Å². The highest BCUT2D eigenvalue weighted by molar-refractivity contribution is 6.49. The second kappa shape index (κ2) is 7.91. The number of unbranched alkanes of at least 4 members (excludes halogenated alkanes) is 2. The van der Waals surface area contributed by atoms with Crippen molar-refractivity contribution in [3.63, 3.8) is 0 Å². The number of carbonyl (C=O) groups excluding carboxylic acids is 1. The lowest BCUT2D eigenvalue weighted by Crippen LogP contribution is -1.96. The Kier molecular flexibility index (Phi) is 6.41. The maximum absolute atomic E-state index is 10.3. The zero-order valence-corrected chi connectivity index (χ0v) is 10.7. The number of halogens is 1. The Hall–Kier alpha value is -1.28. The van der Waals surface area contributed by atoms with Crippen molar-refractivity contribution in [1.82, 2.24) is 0 Å². The van der Waals surface area contributed by atoms with Gasteiger partial charge in [-0.1, -0.05) is 31.4 Å². The van der Waals surface area contributed by atoms with Crippen molar-refractivity contribution in [2.24, 2.45) is 0 Å². The molecule has 17 heavy (non-hydrogen) atoms. The van der Waals surface area contributed by atoms with Crippen LogP contribution in [0, 0.1) is 0 Å². The third-order valence-electron chi connectivity index (χ3n) is 2.36. The molecule has 0 aliphatic carbocycles. The fourth-order valence-corrected chi connectivity index (χ4v) is 1.59. The zero-order chi connectivity index (χ0) is 12.5. The molecule has 92 valence electrons. The van der Waals surface area contributed by atoms with Gasteiger partial charge in [0.05, 0.1) is 11.6 Å². The first-order valence-electron chi connectivity index (χ1n) is 5.82. The lowest BCUT2D eigenvalue weighted by atomic mass is 10.2. The number of benzene rings is 1. The Labute approximate surface area is 107 Å². The van der Waals surface area contributed by atoms with E-state index in [4.69, 9.17) is 16.3 Å². The predicted octanol–water partition coefficient (Wildman–Crippen LogP) is 4.03. The molecule has 3 heteroatoms. The summed E-state index contributed by atoms with van der Waals surface area (Å²) in [4.78, 5) is 10.3. The van der Waals surface area contributed by atoms with E-state index in [1.165, 1.54) is 18.9 Å². The van der Waals surface area contributed by atoms with Crippen LogP contribution in [-0.4, -0.2) is 12.9 Å². The Morgan fingerprint density at radius 2 is 2.00 bits per heavy atom. The molecule has 1 aromatic rings. The Bertz CT molecular complexity index is 368. The van der Waals surface area contributed by atoms with Crippen LogP contribution < -0.4 is 4.74 Å². The summed E-state index contributed by atoms with van der Waals surface area (Å²) in [5.74, 6) is 0.834. The molecule has 1 rings (SSSR count). The lowest BCUT2D eigenvalue weighted by Gasteiger charge is -2.06. The topological polar surface area (TPSA) is 26.3 Å². The van der Waals surface area contributed by atoms with E-state index in [0.717, 1.165) is 24.3 Å². The molecule has 2 nitrogen and oxygen atoms in total. The van der Waals surface area contributed by atoms with Gasteiger partial charge >= 0.3 is 0 Å². The van der Waals surface area contributed by atoms with Gasteiger partial charge in [0.2, 0.25) is 0 Å². The number of ether oxygens (including phenoxy) is 1. The molecule has 0 fully saturated rings. The van der Waals surface area contributed by atoms with Crippen molar-refractivity contribution in [3.05, 3.63) is 35.9 Å². The fraction of sp³-hybridized carbons (Fsp3) is 0.357. The molecule has 0 amide bonds. The molecule has 0 aliphatic heterocycles. The van der Waals surface area contributed by atoms with Gasteiger partial charge in [0, 0.05) is 0 Å². The van der Waals surface area contributed by atoms with E-state index in [9.17, 15) is 4.79 Å². The SMILES string of the molecule is CCCCCOc1ccc(C(Cl)=CC=O)cc1. The van der Waals surface area contributed by atoms with E-state index in [1.807, 2.05) is 24.3 Å². The minimum atomic E-state index is 0.442. The number of hydrogen-bond donors (Lipinski definition) is 0. The molecule has 0 heterocycles. The van der Waals surface area contributed by atoms with Gasteiger partial charge in [-0.3, -0.25) is 4.79 Å². The van der Waals surface area contributed by atoms with Gasteiger partial charge in [-0.2, -0.15) is 0 Å². The zero-order valence-electron chi connectivity index (χ0n) is 9.99. The number of aldehydes is 1. The Balaban J connectivity index is 2.50. The van der Waals surface area contributed by atoms with Crippen molar-refractivity contribution in [3.8, 4) is 5.75 Å². The van der Waals surface area contributed by atoms with Gasteiger partial charge in [0.1, 0.15) is 12.0 Å². The molecule has 0 radical (unpaired) electrons. The maximum atomic E-state index is 10.3. The molecular weight excluding hydrogens is 236 g/mol. The highest BCUT2D eigenvalue weighted by Gasteiger charge is 1.98. The van der Waals surface area contributed by atoms with Crippen LogP contribution in [0.3, 0.4) is 0 Å². The van der Waals surface area contributed by atoms with Crippen molar-refractivity contribution in [2.75, 3.05) is 6.61 Å². The monoisotopic (exact) mass is 252 g/mol. The summed E-state index contributed by atoms with van der Waals surface area (Å²) in [7, 11) is 0. The third-order valence-corrected chi connectivity index (χ3v) is 2.71. The molecular formula is C14H17ClO2. The second-order valence-corrected chi connectivity index (χ2v) is 4.14. The van der Waals surface area contributed by atoms with Crippen LogP contribution in [0.25, 0.3) is 5.03 Å². The largest absolute Gasteiger partial charge is 0.494 e. The number of carbonyl (C=O) groups is 1. The van der Waals surface area contributed by atoms with Crippen LogP contribution >= 0.6 is 11.6 Å². The Morgan fingerprint density at radius 3 is 2.59 bits per heavy atom. The van der Waals surface area contributed by atoms with E-state index in [1.54, 1.807) is 0 Å². The Morgan fingerprint density at radius 1 is 1.29 bits per heavy atom. The predicted molar refractivity (Wildman–Crippen MR) is 71.4 cm³/mol. The van der Waals surface area contributed by atoms with E-state index in [2.05, 4.69) is 6.92 Å². The average molecular weight is 253 g/mol. The van der Waals surface area contributed by atoms with Crippen LogP contribution in [0.15, 0.2) is 30.3 Å². The first-order valence-corrected chi connectivity index (χ1v) is 6.20. The normalized spacial score (nSPS) is 11.3. The van der Waals surface area contributed by atoms with Crippen molar-refractivity contribution in [2.45, 2.75) is 26.2 Å². The average Bonchev–Trinajstić information content (AvgIpc) is 2.36. The van der Waals surface area contributed by atoms with Crippen LogP contribution in [0.1, 0.15) is 31.7 Å². The molecule has 0 spiro atoms. The van der Waals surface area contributed by atoms with E-state index < -0.39 is 0 Å².